The smallest absolute Gasteiger partial charge is 0.408 e. The molecule has 0 bridgehead atoms. The SMILES string of the molecule is CC(C)(CN)NS(=O)(=O)c1ccc2[nH]c(=O)oc2c1. The number of hydrogen-bond acceptors (Lipinski definition) is 5. The summed E-state index contributed by atoms with van der Waals surface area (Å²) in [5, 5.41) is 0. The third kappa shape index (κ3) is 2.86. The van der Waals surface area contributed by atoms with Gasteiger partial charge in [0.2, 0.25) is 10.0 Å². The number of fused-ring (bicyclic) bond motifs is 1. The fourth-order valence-electron chi connectivity index (χ4n) is 1.56. The summed E-state index contributed by atoms with van der Waals surface area (Å²) in [6.07, 6.45) is 0. The molecule has 0 radical (unpaired) electrons. The van der Waals surface area contributed by atoms with Crippen LogP contribution < -0.4 is 16.2 Å². The third-order valence-electron chi connectivity index (χ3n) is 2.62. The zero-order chi connectivity index (χ0) is 14.3. The molecule has 0 unspecified atom stereocenters. The maximum atomic E-state index is 12.2. The number of aromatic amines is 1. The highest BCUT2D eigenvalue weighted by atomic mass is 32.2. The number of rotatable bonds is 4. The molecule has 19 heavy (non-hydrogen) atoms. The lowest BCUT2D eigenvalue weighted by atomic mass is 10.1. The Morgan fingerprint density at radius 2 is 2.11 bits per heavy atom. The van der Waals surface area contributed by atoms with E-state index in [0.29, 0.717) is 5.52 Å². The van der Waals surface area contributed by atoms with Crippen LogP contribution in [0.2, 0.25) is 0 Å². The minimum Gasteiger partial charge on any atom is -0.408 e. The van der Waals surface area contributed by atoms with Crippen molar-refractivity contribution in [2.24, 2.45) is 5.73 Å². The Hall–Kier alpha value is -1.64. The van der Waals surface area contributed by atoms with Crippen LogP contribution in [0, 0.1) is 0 Å². The number of nitrogens with two attached hydrogens (primary N) is 1. The molecule has 0 fully saturated rings. The average Bonchev–Trinajstić information content (AvgIpc) is 2.66. The maximum Gasteiger partial charge on any atom is 0.417 e. The molecule has 0 saturated carbocycles. The highest BCUT2D eigenvalue weighted by molar-refractivity contribution is 7.89. The number of nitrogens with one attached hydrogen (secondary N) is 2. The summed E-state index contributed by atoms with van der Waals surface area (Å²) in [6.45, 7) is 3.52. The Labute approximate surface area is 109 Å². The second-order valence-corrected chi connectivity index (χ2v) is 6.55. The van der Waals surface area contributed by atoms with Crippen LogP contribution in [0.1, 0.15) is 13.8 Å². The van der Waals surface area contributed by atoms with Crippen LogP contribution in [-0.2, 0) is 10.0 Å². The molecule has 0 saturated heterocycles. The Morgan fingerprint density at radius 3 is 2.74 bits per heavy atom. The van der Waals surface area contributed by atoms with Crippen LogP contribution in [0.5, 0.6) is 0 Å². The first-order valence-electron chi connectivity index (χ1n) is 5.60. The fraction of sp³-hybridized carbons (Fsp3) is 0.364. The third-order valence-corrected chi connectivity index (χ3v) is 4.32. The lowest BCUT2D eigenvalue weighted by Gasteiger charge is -2.23. The number of aromatic nitrogens is 1. The molecule has 104 valence electrons. The van der Waals surface area contributed by atoms with E-state index in [1.54, 1.807) is 13.8 Å². The molecule has 1 aromatic carbocycles. The van der Waals surface area contributed by atoms with Crippen molar-refractivity contribution in [2.75, 3.05) is 6.54 Å². The minimum atomic E-state index is -3.72. The number of hydrogen-bond donors (Lipinski definition) is 3. The highest BCUT2D eigenvalue weighted by Gasteiger charge is 2.25. The van der Waals surface area contributed by atoms with Crippen LogP contribution >= 0.6 is 0 Å². The molecule has 0 amide bonds. The molecule has 0 aliphatic carbocycles. The second-order valence-electron chi connectivity index (χ2n) is 4.87. The minimum absolute atomic E-state index is 0.0178. The van der Waals surface area contributed by atoms with Crippen molar-refractivity contribution in [3.63, 3.8) is 0 Å². The van der Waals surface area contributed by atoms with Gasteiger partial charge in [-0.1, -0.05) is 0 Å². The van der Waals surface area contributed by atoms with Gasteiger partial charge in [-0.25, -0.2) is 17.9 Å². The summed E-state index contributed by atoms with van der Waals surface area (Å²) in [5.74, 6) is -0.625. The Bertz CT molecular complexity index is 758. The summed E-state index contributed by atoms with van der Waals surface area (Å²) >= 11 is 0. The van der Waals surface area contributed by atoms with Crippen LogP contribution in [0.4, 0.5) is 0 Å². The van der Waals surface area contributed by atoms with Crippen LogP contribution in [0.15, 0.2) is 32.3 Å². The van der Waals surface area contributed by atoms with E-state index in [4.69, 9.17) is 10.2 Å². The van der Waals surface area contributed by atoms with Gasteiger partial charge in [-0.2, -0.15) is 0 Å². The first kappa shape index (κ1) is 13.8. The molecule has 0 atom stereocenters. The van der Waals surface area contributed by atoms with Gasteiger partial charge in [-0.05, 0) is 26.0 Å². The monoisotopic (exact) mass is 285 g/mol. The summed E-state index contributed by atoms with van der Waals surface area (Å²) in [5.41, 5.74) is 5.38. The van der Waals surface area contributed by atoms with Gasteiger partial charge >= 0.3 is 5.76 Å². The molecule has 0 aliphatic heterocycles. The highest BCUT2D eigenvalue weighted by Crippen LogP contribution is 2.18. The van der Waals surface area contributed by atoms with Crippen molar-refractivity contribution >= 4 is 21.1 Å². The van der Waals surface area contributed by atoms with Gasteiger partial charge in [0, 0.05) is 18.2 Å². The predicted octanol–water partition coefficient (Wildman–Crippen LogP) is 0.137. The van der Waals surface area contributed by atoms with E-state index < -0.39 is 21.3 Å². The molecule has 0 spiro atoms. The summed E-state index contributed by atoms with van der Waals surface area (Å²) in [4.78, 5) is 13.5. The number of H-pyrrole nitrogens is 1. The fourth-order valence-corrected chi connectivity index (χ4v) is 3.00. The molecule has 0 aliphatic rings. The molecule has 2 rings (SSSR count). The van der Waals surface area contributed by atoms with E-state index in [2.05, 4.69) is 9.71 Å². The first-order chi connectivity index (χ1) is 8.73. The molecular formula is C11H15N3O4S. The van der Waals surface area contributed by atoms with Crippen molar-refractivity contribution in [1.29, 1.82) is 0 Å². The standard InChI is InChI=1S/C11H15N3O4S/c1-11(2,6-12)14-19(16,17)7-3-4-8-9(5-7)18-10(15)13-8/h3-5,14H,6,12H2,1-2H3,(H,13,15). The lowest BCUT2D eigenvalue weighted by Crippen LogP contribution is -2.48. The van der Waals surface area contributed by atoms with Gasteiger partial charge in [-0.15, -0.1) is 0 Å². The largest absolute Gasteiger partial charge is 0.417 e. The molecular weight excluding hydrogens is 270 g/mol. The van der Waals surface area contributed by atoms with Crippen molar-refractivity contribution in [2.45, 2.75) is 24.3 Å². The van der Waals surface area contributed by atoms with E-state index in [9.17, 15) is 13.2 Å². The van der Waals surface area contributed by atoms with E-state index >= 15 is 0 Å². The molecule has 2 aromatic rings. The molecule has 1 aromatic heterocycles. The van der Waals surface area contributed by atoms with Gasteiger partial charge < -0.3 is 10.2 Å². The van der Waals surface area contributed by atoms with Gasteiger partial charge in [0.15, 0.2) is 5.58 Å². The normalized spacial score (nSPS) is 13.0. The van der Waals surface area contributed by atoms with E-state index in [1.165, 1.54) is 18.2 Å². The zero-order valence-corrected chi connectivity index (χ0v) is 11.4. The molecule has 7 nitrogen and oxygen atoms in total. The molecule has 4 N–H and O–H groups in total. The number of sulfonamides is 1. The van der Waals surface area contributed by atoms with E-state index in [-0.39, 0.29) is 17.0 Å². The van der Waals surface area contributed by atoms with Crippen LogP contribution in [-0.4, -0.2) is 25.5 Å². The predicted molar refractivity (Wildman–Crippen MR) is 70.3 cm³/mol. The van der Waals surface area contributed by atoms with Crippen LogP contribution in [0.25, 0.3) is 11.1 Å². The van der Waals surface area contributed by atoms with Crippen molar-refractivity contribution in [1.82, 2.24) is 9.71 Å². The lowest BCUT2D eigenvalue weighted by molar-refractivity contribution is 0.462. The van der Waals surface area contributed by atoms with Crippen molar-refractivity contribution in [3.05, 3.63) is 28.7 Å². The summed E-state index contributed by atoms with van der Waals surface area (Å²) in [6, 6.07) is 4.16. The Balaban J connectivity index is 2.45. The van der Waals surface area contributed by atoms with Gasteiger partial charge in [0.25, 0.3) is 0 Å². The summed E-state index contributed by atoms with van der Waals surface area (Å²) in [7, 11) is -3.72. The first-order valence-corrected chi connectivity index (χ1v) is 7.09. The molecule has 8 heteroatoms. The summed E-state index contributed by atoms with van der Waals surface area (Å²) < 4.78 is 31.6. The second kappa shape index (κ2) is 4.48. The number of oxazole rings is 1. The Kier molecular flexibility index (Phi) is 3.25. The van der Waals surface area contributed by atoms with Gasteiger partial charge in [0.1, 0.15) is 0 Å². The Morgan fingerprint density at radius 1 is 1.42 bits per heavy atom. The number of benzene rings is 1. The quantitative estimate of drug-likeness (QED) is 0.738. The molecule has 1 heterocycles. The van der Waals surface area contributed by atoms with Crippen molar-refractivity contribution < 1.29 is 12.8 Å². The van der Waals surface area contributed by atoms with Crippen LogP contribution in [0.3, 0.4) is 0 Å². The van der Waals surface area contributed by atoms with Gasteiger partial charge in [0.05, 0.1) is 10.4 Å². The van der Waals surface area contributed by atoms with Crippen molar-refractivity contribution in [3.8, 4) is 0 Å². The zero-order valence-electron chi connectivity index (χ0n) is 10.6. The van der Waals surface area contributed by atoms with E-state index in [1.807, 2.05) is 0 Å². The van der Waals surface area contributed by atoms with E-state index in [0.717, 1.165) is 0 Å². The maximum absolute atomic E-state index is 12.2. The van der Waals surface area contributed by atoms with Gasteiger partial charge in [-0.3, -0.25) is 4.98 Å². The average molecular weight is 285 g/mol. The topological polar surface area (TPSA) is 118 Å².